The highest BCUT2D eigenvalue weighted by Gasteiger charge is 2.22. The van der Waals surface area contributed by atoms with Crippen LogP contribution in [0.4, 0.5) is 0 Å². The molecule has 1 N–H and O–H groups in total. The fourth-order valence-electron chi connectivity index (χ4n) is 1.87. The summed E-state index contributed by atoms with van der Waals surface area (Å²) in [5.41, 5.74) is 2.54. The molecule has 64 valence electrons. The fourth-order valence-corrected chi connectivity index (χ4v) is 2.60. The van der Waals surface area contributed by atoms with Crippen molar-refractivity contribution in [3.8, 4) is 5.75 Å². The monoisotopic (exact) mass is 274 g/mol. The Balaban J connectivity index is 2.56. The molecule has 12 heavy (non-hydrogen) atoms. The third kappa shape index (κ3) is 1.22. The Hall–Kier alpha value is -0.250. The Morgan fingerprint density at radius 2 is 2.00 bits per heavy atom. The molecule has 1 aliphatic rings. The molecule has 1 aliphatic carbocycles. The van der Waals surface area contributed by atoms with E-state index in [1.807, 2.05) is 6.07 Å². The van der Waals surface area contributed by atoms with Crippen LogP contribution in [-0.2, 0) is 12.8 Å². The van der Waals surface area contributed by atoms with Crippen LogP contribution in [-0.4, -0.2) is 5.11 Å². The maximum absolute atomic E-state index is 9.57. The van der Waals surface area contributed by atoms with Crippen LogP contribution >= 0.6 is 22.6 Å². The Morgan fingerprint density at radius 1 is 1.33 bits per heavy atom. The molecule has 1 unspecified atom stereocenters. The van der Waals surface area contributed by atoms with Gasteiger partial charge in [-0.1, -0.05) is 6.92 Å². The summed E-state index contributed by atoms with van der Waals surface area (Å²) in [4.78, 5) is 0. The van der Waals surface area contributed by atoms with Crippen LogP contribution in [0.5, 0.6) is 5.75 Å². The van der Waals surface area contributed by atoms with Crippen molar-refractivity contribution in [2.45, 2.75) is 19.8 Å². The number of phenolic OH excluding ortho intramolecular Hbond substituents is 1. The van der Waals surface area contributed by atoms with Gasteiger partial charge < -0.3 is 5.11 Å². The summed E-state index contributed by atoms with van der Waals surface area (Å²) in [6.07, 6.45) is 2.17. The molecule has 0 radical (unpaired) electrons. The predicted molar refractivity (Wildman–Crippen MR) is 57.4 cm³/mol. The van der Waals surface area contributed by atoms with Gasteiger partial charge in [0.1, 0.15) is 5.75 Å². The lowest BCUT2D eigenvalue weighted by molar-refractivity contribution is 0.466. The molecular weight excluding hydrogens is 263 g/mol. The van der Waals surface area contributed by atoms with Crippen molar-refractivity contribution in [2.24, 2.45) is 5.92 Å². The molecule has 0 aromatic heterocycles. The van der Waals surface area contributed by atoms with Gasteiger partial charge in [-0.3, -0.25) is 0 Å². The first-order chi connectivity index (χ1) is 5.68. The molecule has 0 saturated heterocycles. The van der Waals surface area contributed by atoms with Crippen molar-refractivity contribution in [2.75, 3.05) is 0 Å². The van der Waals surface area contributed by atoms with Gasteiger partial charge in [-0.15, -0.1) is 0 Å². The first kappa shape index (κ1) is 8.35. The van der Waals surface area contributed by atoms with Crippen molar-refractivity contribution in [1.29, 1.82) is 0 Å². The summed E-state index contributed by atoms with van der Waals surface area (Å²) in [6, 6.07) is 3.80. The van der Waals surface area contributed by atoms with Crippen LogP contribution in [0.15, 0.2) is 12.1 Å². The van der Waals surface area contributed by atoms with Crippen molar-refractivity contribution < 1.29 is 5.11 Å². The molecule has 0 heterocycles. The molecule has 2 rings (SSSR count). The van der Waals surface area contributed by atoms with E-state index in [-0.39, 0.29) is 0 Å². The standard InChI is InChI=1S/C10H11IO/c1-6-4-7-8(5-6)10(12)3-2-9(7)11/h2-3,6,12H,4-5H2,1H3. The number of hydrogen-bond donors (Lipinski definition) is 1. The van der Waals surface area contributed by atoms with E-state index in [1.165, 1.54) is 14.7 Å². The third-order valence-electron chi connectivity index (χ3n) is 2.45. The van der Waals surface area contributed by atoms with E-state index in [9.17, 15) is 5.11 Å². The fraction of sp³-hybridized carbons (Fsp3) is 0.400. The van der Waals surface area contributed by atoms with E-state index < -0.39 is 0 Å². The number of halogens is 1. The van der Waals surface area contributed by atoms with Crippen LogP contribution in [0.25, 0.3) is 0 Å². The lowest BCUT2D eigenvalue weighted by Gasteiger charge is -2.03. The van der Waals surface area contributed by atoms with Crippen LogP contribution < -0.4 is 0 Å². The highest BCUT2D eigenvalue weighted by Crippen LogP contribution is 2.35. The first-order valence-corrected chi connectivity index (χ1v) is 5.25. The normalized spacial score (nSPS) is 21.0. The molecule has 1 nitrogen and oxygen atoms in total. The summed E-state index contributed by atoms with van der Waals surface area (Å²) in [5.74, 6) is 1.18. The minimum atomic E-state index is 0.481. The van der Waals surface area contributed by atoms with Crippen LogP contribution in [0.2, 0.25) is 0 Å². The second-order valence-electron chi connectivity index (χ2n) is 3.54. The number of phenols is 1. The second kappa shape index (κ2) is 2.91. The molecule has 2 heteroatoms. The van der Waals surface area contributed by atoms with Gasteiger partial charge in [0.15, 0.2) is 0 Å². The smallest absolute Gasteiger partial charge is 0.119 e. The van der Waals surface area contributed by atoms with Crippen LogP contribution in [0.3, 0.4) is 0 Å². The maximum atomic E-state index is 9.57. The number of aromatic hydroxyl groups is 1. The summed E-state index contributed by atoms with van der Waals surface area (Å²) >= 11 is 2.34. The van der Waals surface area contributed by atoms with E-state index >= 15 is 0 Å². The quantitative estimate of drug-likeness (QED) is 0.721. The lowest BCUT2D eigenvalue weighted by atomic mass is 10.1. The van der Waals surface area contributed by atoms with Crippen molar-refractivity contribution >= 4 is 22.6 Å². The van der Waals surface area contributed by atoms with E-state index in [4.69, 9.17) is 0 Å². The molecule has 1 aromatic carbocycles. The van der Waals surface area contributed by atoms with E-state index in [1.54, 1.807) is 6.07 Å². The van der Waals surface area contributed by atoms with Gasteiger partial charge in [0, 0.05) is 3.57 Å². The van der Waals surface area contributed by atoms with E-state index in [2.05, 4.69) is 29.5 Å². The molecule has 0 amide bonds. The zero-order valence-corrected chi connectivity index (χ0v) is 9.13. The van der Waals surface area contributed by atoms with E-state index in [0.29, 0.717) is 11.7 Å². The first-order valence-electron chi connectivity index (χ1n) is 4.17. The number of benzene rings is 1. The van der Waals surface area contributed by atoms with Crippen molar-refractivity contribution in [3.63, 3.8) is 0 Å². The zero-order chi connectivity index (χ0) is 8.72. The average Bonchev–Trinajstić information content (AvgIpc) is 2.41. The number of rotatable bonds is 0. The molecule has 1 atom stereocenters. The predicted octanol–water partition coefficient (Wildman–Crippen LogP) is 2.73. The highest BCUT2D eigenvalue weighted by molar-refractivity contribution is 14.1. The van der Waals surface area contributed by atoms with Gasteiger partial charge in [0.2, 0.25) is 0 Å². The molecule has 1 aromatic rings. The van der Waals surface area contributed by atoms with E-state index in [0.717, 1.165) is 12.8 Å². The second-order valence-corrected chi connectivity index (χ2v) is 4.70. The highest BCUT2D eigenvalue weighted by atomic mass is 127. The minimum Gasteiger partial charge on any atom is -0.508 e. The Morgan fingerprint density at radius 3 is 2.67 bits per heavy atom. The lowest BCUT2D eigenvalue weighted by Crippen LogP contribution is -1.90. The largest absolute Gasteiger partial charge is 0.508 e. The molecule has 0 saturated carbocycles. The molecule has 0 fully saturated rings. The summed E-state index contributed by atoms with van der Waals surface area (Å²) in [6.45, 7) is 2.23. The summed E-state index contributed by atoms with van der Waals surface area (Å²) < 4.78 is 1.30. The topological polar surface area (TPSA) is 20.2 Å². The third-order valence-corrected chi connectivity index (χ3v) is 3.47. The van der Waals surface area contributed by atoms with Crippen molar-refractivity contribution in [3.05, 3.63) is 26.8 Å². The Labute approximate surface area is 85.9 Å². The molecule has 0 spiro atoms. The average molecular weight is 274 g/mol. The zero-order valence-electron chi connectivity index (χ0n) is 6.97. The summed E-state index contributed by atoms with van der Waals surface area (Å²) in [7, 11) is 0. The van der Waals surface area contributed by atoms with Crippen LogP contribution in [0.1, 0.15) is 18.1 Å². The Bertz CT molecular complexity index is 289. The van der Waals surface area contributed by atoms with Gasteiger partial charge >= 0.3 is 0 Å². The van der Waals surface area contributed by atoms with Crippen LogP contribution in [0, 0.1) is 9.49 Å². The van der Waals surface area contributed by atoms with Gasteiger partial charge in [-0.05, 0) is 64.6 Å². The number of hydrogen-bond acceptors (Lipinski definition) is 1. The molecular formula is C10H11IO. The molecule has 0 aliphatic heterocycles. The number of fused-ring (bicyclic) bond motifs is 1. The maximum Gasteiger partial charge on any atom is 0.119 e. The Kier molecular flexibility index (Phi) is 2.02. The van der Waals surface area contributed by atoms with Gasteiger partial charge in [-0.25, -0.2) is 0 Å². The SMILES string of the molecule is CC1Cc2c(O)ccc(I)c2C1. The summed E-state index contributed by atoms with van der Waals surface area (Å²) in [5, 5.41) is 9.57. The minimum absolute atomic E-state index is 0.481. The molecule has 0 bridgehead atoms. The van der Waals surface area contributed by atoms with Gasteiger partial charge in [0.05, 0.1) is 0 Å². The van der Waals surface area contributed by atoms with Gasteiger partial charge in [-0.2, -0.15) is 0 Å². The van der Waals surface area contributed by atoms with Gasteiger partial charge in [0.25, 0.3) is 0 Å². The van der Waals surface area contributed by atoms with Crippen molar-refractivity contribution in [1.82, 2.24) is 0 Å².